The molecule has 0 radical (unpaired) electrons. The molecule has 0 spiro atoms. The number of hydrogen-bond acceptors (Lipinski definition) is 5. The Morgan fingerprint density at radius 3 is 2.56 bits per heavy atom. The minimum atomic E-state index is -4.53. The normalized spacial score (nSPS) is 14.5. The molecule has 0 atom stereocenters. The van der Waals surface area contributed by atoms with E-state index >= 15 is 0 Å². The molecule has 0 saturated carbocycles. The number of amides is 1. The van der Waals surface area contributed by atoms with E-state index < -0.39 is 24.3 Å². The second-order valence-corrected chi connectivity index (χ2v) is 7.08. The largest absolute Gasteiger partial charge is 0.493 e. The van der Waals surface area contributed by atoms with Crippen LogP contribution in [0.25, 0.3) is 6.08 Å². The molecule has 2 aromatic rings. The zero-order chi connectivity index (χ0) is 23.1. The molecule has 172 valence electrons. The lowest BCUT2D eigenvalue weighted by Crippen LogP contribution is -2.37. The lowest BCUT2D eigenvalue weighted by Gasteiger charge is -2.31. The number of alkyl halides is 3. The van der Waals surface area contributed by atoms with E-state index in [1.165, 1.54) is 13.2 Å². The van der Waals surface area contributed by atoms with Gasteiger partial charge in [0, 0.05) is 13.1 Å². The average molecular weight is 450 g/mol. The van der Waals surface area contributed by atoms with Crippen LogP contribution in [0.4, 0.5) is 24.5 Å². The summed E-state index contributed by atoms with van der Waals surface area (Å²) in [5, 5.41) is 2.56. The fraction of sp³-hybridized carbons (Fsp3) is 0.348. The number of carbonyl (C=O) groups is 1. The summed E-state index contributed by atoms with van der Waals surface area (Å²) in [5.41, 5.74) is 0.640. The fourth-order valence-electron chi connectivity index (χ4n) is 3.32. The quantitative estimate of drug-likeness (QED) is 0.668. The van der Waals surface area contributed by atoms with Gasteiger partial charge in [0.2, 0.25) is 0 Å². The number of ether oxygens (including phenoxy) is 3. The number of allylic oxidation sites excluding steroid dienone is 1. The molecule has 0 bridgehead atoms. The summed E-state index contributed by atoms with van der Waals surface area (Å²) in [4.78, 5) is 14.4. The van der Waals surface area contributed by atoms with Gasteiger partial charge >= 0.3 is 6.18 Å². The minimum absolute atomic E-state index is 0.0747. The predicted octanol–water partition coefficient (Wildman–Crippen LogP) is 4.60. The summed E-state index contributed by atoms with van der Waals surface area (Å²) in [6, 6.07) is 8.55. The van der Waals surface area contributed by atoms with Crippen LogP contribution in [-0.4, -0.2) is 45.9 Å². The molecule has 32 heavy (non-hydrogen) atoms. The number of rotatable bonds is 7. The van der Waals surface area contributed by atoms with Gasteiger partial charge in [0.15, 0.2) is 18.1 Å². The number of halogens is 3. The molecule has 0 aromatic heterocycles. The number of anilines is 2. The fourth-order valence-corrected chi connectivity index (χ4v) is 3.32. The van der Waals surface area contributed by atoms with Gasteiger partial charge in [0.05, 0.1) is 37.3 Å². The van der Waals surface area contributed by atoms with Gasteiger partial charge < -0.3 is 24.4 Å². The van der Waals surface area contributed by atoms with Crippen molar-refractivity contribution in [3.8, 4) is 11.5 Å². The minimum Gasteiger partial charge on any atom is -0.493 e. The second-order valence-electron chi connectivity index (χ2n) is 7.08. The van der Waals surface area contributed by atoms with Crippen molar-refractivity contribution >= 4 is 23.4 Å². The molecule has 1 amide bonds. The molecular formula is C23H25F3N2O4. The summed E-state index contributed by atoms with van der Waals surface area (Å²) in [6.45, 7) is 3.44. The topological polar surface area (TPSA) is 60.0 Å². The highest BCUT2D eigenvalue weighted by atomic mass is 19.4. The monoisotopic (exact) mass is 450 g/mol. The van der Waals surface area contributed by atoms with E-state index in [2.05, 4.69) is 5.32 Å². The predicted molar refractivity (Wildman–Crippen MR) is 116 cm³/mol. The first-order valence-corrected chi connectivity index (χ1v) is 10.1. The SMILES string of the molecule is C/C=C/c1ccc(OCC(=O)Nc2cc(C(F)(F)F)ccc2N2CCOCC2)c(OC)c1. The Hall–Kier alpha value is -3.20. The smallest absolute Gasteiger partial charge is 0.416 e. The molecule has 1 fully saturated rings. The maximum absolute atomic E-state index is 13.2. The van der Waals surface area contributed by atoms with Crippen LogP contribution in [0.1, 0.15) is 18.1 Å². The summed E-state index contributed by atoms with van der Waals surface area (Å²) >= 11 is 0. The van der Waals surface area contributed by atoms with Gasteiger partial charge in [-0.05, 0) is 42.8 Å². The first-order chi connectivity index (χ1) is 15.3. The molecule has 1 aliphatic rings. The molecule has 1 N–H and O–H groups in total. The number of hydrogen-bond donors (Lipinski definition) is 1. The van der Waals surface area contributed by atoms with E-state index in [9.17, 15) is 18.0 Å². The molecule has 6 nitrogen and oxygen atoms in total. The van der Waals surface area contributed by atoms with Crippen LogP contribution in [0, 0.1) is 0 Å². The first-order valence-electron chi connectivity index (χ1n) is 10.1. The molecular weight excluding hydrogens is 425 g/mol. The first kappa shape index (κ1) is 23.5. The molecule has 1 saturated heterocycles. The lowest BCUT2D eigenvalue weighted by atomic mass is 10.1. The summed E-state index contributed by atoms with van der Waals surface area (Å²) < 4.78 is 55.9. The maximum atomic E-state index is 13.2. The maximum Gasteiger partial charge on any atom is 0.416 e. The number of morpholine rings is 1. The van der Waals surface area contributed by atoms with Crippen molar-refractivity contribution in [2.24, 2.45) is 0 Å². The highest BCUT2D eigenvalue weighted by Crippen LogP contribution is 2.36. The van der Waals surface area contributed by atoms with Crippen molar-refractivity contribution in [3.05, 3.63) is 53.6 Å². The third kappa shape index (κ3) is 5.94. The molecule has 0 unspecified atom stereocenters. The van der Waals surface area contributed by atoms with Crippen molar-refractivity contribution in [3.63, 3.8) is 0 Å². The molecule has 1 aliphatic heterocycles. The van der Waals surface area contributed by atoms with Crippen LogP contribution in [0.15, 0.2) is 42.5 Å². The van der Waals surface area contributed by atoms with E-state index in [0.717, 1.165) is 17.7 Å². The van der Waals surface area contributed by atoms with Crippen molar-refractivity contribution in [2.45, 2.75) is 13.1 Å². The third-order valence-electron chi connectivity index (χ3n) is 4.86. The van der Waals surface area contributed by atoms with E-state index in [4.69, 9.17) is 14.2 Å². The molecule has 9 heteroatoms. The van der Waals surface area contributed by atoms with Gasteiger partial charge in [0.1, 0.15) is 0 Å². The van der Waals surface area contributed by atoms with Crippen LogP contribution in [-0.2, 0) is 15.7 Å². The highest BCUT2D eigenvalue weighted by Gasteiger charge is 2.32. The van der Waals surface area contributed by atoms with Crippen molar-refractivity contribution in [1.29, 1.82) is 0 Å². The number of benzene rings is 2. The Labute approximate surface area is 184 Å². The highest BCUT2D eigenvalue weighted by molar-refractivity contribution is 5.95. The zero-order valence-electron chi connectivity index (χ0n) is 17.9. The van der Waals surface area contributed by atoms with Gasteiger partial charge in [-0.15, -0.1) is 0 Å². The van der Waals surface area contributed by atoms with E-state index in [-0.39, 0.29) is 5.69 Å². The van der Waals surface area contributed by atoms with E-state index in [1.54, 1.807) is 18.2 Å². The Morgan fingerprint density at radius 2 is 1.91 bits per heavy atom. The summed E-state index contributed by atoms with van der Waals surface area (Å²) in [5.74, 6) is 0.216. The second kappa shape index (κ2) is 10.4. The van der Waals surface area contributed by atoms with E-state index in [1.807, 2.05) is 24.0 Å². The average Bonchev–Trinajstić information content (AvgIpc) is 2.78. The Kier molecular flexibility index (Phi) is 7.63. The van der Waals surface area contributed by atoms with Crippen molar-refractivity contribution in [1.82, 2.24) is 0 Å². The zero-order valence-corrected chi connectivity index (χ0v) is 17.9. The number of methoxy groups -OCH3 is 1. The number of carbonyl (C=O) groups excluding carboxylic acids is 1. The Bertz CT molecular complexity index is 970. The van der Waals surface area contributed by atoms with Gasteiger partial charge in [-0.1, -0.05) is 18.2 Å². The van der Waals surface area contributed by atoms with Gasteiger partial charge in [0.25, 0.3) is 5.91 Å². The Morgan fingerprint density at radius 1 is 1.16 bits per heavy atom. The standard InChI is InChI=1S/C23H25F3N2O4/c1-3-4-16-5-8-20(21(13-16)30-2)32-15-22(29)27-18-14-17(23(24,25)26)6-7-19(18)28-9-11-31-12-10-28/h3-8,13-14H,9-12,15H2,1-2H3,(H,27,29)/b4-3+. The van der Waals surface area contributed by atoms with Gasteiger partial charge in [-0.3, -0.25) is 4.79 Å². The van der Waals surface area contributed by atoms with Crippen LogP contribution < -0.4 is 19.7 Å². The van der Waals surface area contributed by atoms with Gasteiger partial charge in [-0.2, -0.15) is 13.2 Å². The van der Waals surface area contributed by atoms with Crippen LogP contribution in [0.2, 0.25) is 0 Å². The number of nitrogens with zero attached hydrogens (tertiary/aromatic N) is 1. The van der Waals surface area contributed by atoms with Crippen LogP contribution in [0.3, 0.4) is 0 Å². The van der Waals surface area contributed by atoms with Crippen molar-refractivity contribution in [2.75, 3.05) is 50.2 Å². The number of nitrogens with one attached hydrogen (secondary N) is 1. The van der Waals surface area contributed by atoms with Crippen LogP contribution >= 0.6 is 0 Å². The van der Waals surface area contributed by atoms with Crippen LogP contribution in [0.5, 0.6) is 11.5 Å². The van der Waals surface area contributed by atoms with Crippen molar-refractivity contribution < 1.29 is 32.2 Å². The molecule has 2 aromatic carbocycles. The molecule has 0 aliphatic carbocycles. The molecule has 1 heterocycles. The third-order valence-corrected chi connectivity index (χ3v) is 4.86. The summed E-state index contributed by atoms with van der Waals surface area (Å²) in [7, 11) is 1.49. The Balaban J connectivity index is 1.76. The van der Waals surface area contributed by atoms with Gasteiger partial charge in [-0.25, -0.2) is 0 Å². The molecule has 3 rings (SSSR count). The van der Waals surface area contributed by atoms with E-state index in [0.29, 0.717) is 43.5 Å². The lowest BCUT2D eigenvalue weighted by molar-refractivity contribution is -0.137. The summed E-state index contributed by atoms with van der Waals surface area (Å²) in [6.07, 6.45) is -0.759.